The first-order chi connectivity index (χ1) is 13.7. The first-order valence-corrected chi connectivity index (χ1v) is 12.1. The van der Waals surface area contributed by atoms with Crippen molar-refractivity contribution in [1.29, 1.82) is 0 Å². The highest BCUT2D eigenvalue weighted by molar-refractivity contribution is 7.91. The van der Waals surface area contributed by atoms with Gasteiger partial charge in [-0.2, -0.15) is 4.31 Å². The van der Waals surface area contributed by atoms with Crippen LogP contribution in [0.15, 0.2) is 15.7 Å². The molecule has 0 aromatic carbocycles. The maximum atomic E-state index is 13.0. The number of piperidine rings is 1. The topological polar surface area (TPSA) is 129 Å². The normalized spacial score (nSPS) is 15.9. The predicted octanol–water partition coefficient (Wildman–Crippen LogP) is 2.81. The van der Waals surface area contributed by atoms with E-state index in [2.05, 4.69) is 15.6 Å². The molecule has 1 saturated heterocycles. The number of thiazole rings is 1. The minimum atomic E-state index is -3.60. The Balaban J connectivity index is 1.70. The van der Waals surface area contributed by atoms with Crippen LogP contribution in [0.1, 0.15) is 25.5 Å². The van der Waals surface area contributed by atoms with Gasteiger partial charge in [-0.05, 0) is 31.7 Å². The predicted molar refractivity (Wildman–Crippen MR) is 112 cm³/mol. The highest BCUT2D eigenvalue weighted by atomic mass is 32.2. The number of anilines is 1. The van der Waals surface area contributed by atoms with E-state index >= 15 is 0 Å². The fourth-order valence-corrected chi connectivity index (χ4v) is 7.02. The van der Waals surface area contributed by atoms with Crippen molar-refractivity contribution in [3.8, 4) is 10.4 Å². The van der Waals surface area contributed by atoms with Crippen LogP contribution in [0.25, 0.3) is 10.4 Å². The Labute approximate surface area is 176 Å². The van der Waals surface area contributed by atoms with Gasteiger partial charge in [0.1, 0.15) is 4.21 Å². The van der Waals surface area contributed by atoms with Gasteiger partial charge in [-0.25, -0.2) is 18.2 Å². The van der Waals surface area contributed by atoms with E-state index in [1.165, 1.54) is 22.6 Å². The SMILES string of the molecule is CC(=O)Nc1nc(C)c(-c2csc(S(=O)(=O)N3CCC(CNC(=O)O)CC3)c2)s1. The highest BCUT2D eigenvalue weighted by Gasteiger charge is 2.31. The van der Waals surface area contributed by atoms with Gasteiger partial charge in [-0.1, -0.05) is 11.3 Å². The summed E-state index contributed by atoms with van der Waals surface area (Å²) in [6, 6.07) is 1.65. The molecule has 0 aliphatic carbocycles. The lowest BCUT2D eigenvalue weighted by atomic mass is 9.98. The number of aromatic nitrogens is 1. The smallest absolute Gasteiger partial charge is 0.404 e. The molecule has 158 valence electrons. The van der Waals surface area contributed by atoms with E-state index in [1.807, 2.05) is 6.92 Å². The van der Waals surface area contributed by atoms with Gasteiger partial charge in [0.25, 0.3) is 10.0 Å². The van der Waals surface area contributed by atoms with E-state index in [-0.39, 0.29) is 16.0 Å². The molecule has 3 rings (SSSR count). The Morgan fingerprint density at radius 2 is 2.03 bits per heavy atom. The Morgan fingerprint density at radius 1 is 1.34 bits per heavy atom. The number of carbonyl (C=O) groups is 2. The Morgan fingerprint density at radius 3 is 2.66 bits per heavy atom. The molecule has 2 aromatic rings. The summed E-state index contributed by atoms with van der Waals surface area (Å²) in [5.41, 5.74) is 1.49. The third kappa shape index (κ3) is 5.13. The lowest BCUT2D eigenvalue weighted by molar-refractivity contribution is -0.114. The molecule has 3 N–H and O–H groups in total. The van der Waals surface area contributed by atoms with E-state index < -0.39 is 16.1 Å². The Hall–Kier alpha value is -2.02. The van der Waals surface area contributed by atoms with Crippen LogP contribution in [0.3, 0.4) is 0 Å². The van der Waals surface area contributed by atoms with Crippen molar-refractivity contribution < 1.29 is 23.1 Å². The monoisotopic (exact) mass is 458 g/mol. The molecule has 0 radical (unpaired) electrons. The molecule has 2 aromatic heterocycles. The van der Waals surface area contributed by atoms with Crippen molar-refractivity contribution in [3.05, 3.63) is 17.1 Å². The van der Waals surface area contributed by atoms with Gasteiger partial charge in [-0.15, -0.1) is 11.3 Å². The van der Waals surface area contributed by atoms with Gasteiger partial charge in [0.2, 0.25) is 5.91 Å². The lowest BCUT2D eigenvalue weighted by Crippen LogP contribution is -2.41. The molecule has 0 atom stereocenters. The van der Waals surface area contributed by atoms with Gasteiger partial charge >= 0.3 is 6.09 Å². The molecular weight excluding hydrogens is 436 g/mol. The number of carboxylic acid groups (broad SMARTS) is 1. The average molecular weight is 459 g/mol. The number of aryl methyl sites for hydroxylation is 1. The first-order valence-electron chi connectivity index (χ1n) is 8.97. The van der Waals surface area contributed by atoms with Crippen molar-refractivity contribution in [2.45, 2.75) is 30.9 Å². The highest BCUT2D eigenvalue weighted by Crippen LogP contribution is 2.37. The molecule has 0 unspecified atom stereocenters. The number of hydrogen-bond donors (Lipinski definition) is 3. The van der Waals surface area contributed by atoms with Crippen molar-refractivity contribution in [3.63, 3.8) is 0 Å². The molecule has 1 aliphatic rings. The largest absolute Gasteiger partial charge is 0.465 e. The summed E-state index contributed by atoms with van der Waals surface area (Å²) in [7, 11) is -3.60. The molecule has 0 saturated carbocycles. The van der Waals surface area contributed by atoms with Gasteiger partial charge in [0.05, 0.1) is 10.6 Å². The molecule has 2 amide bonds. The van der Waals surface area contributed by atoms with Gasteiger partial charge in [0.15, 0.2) is 5.13 Å². The van der Waals surface area contributed by atoms with Crippen molar-refractivity contribution >= 4 is 49.8 Å². The number of hydrogen-bond acceptors (Lipinski definition) is 7. The van der Waals surface area contributed by atoms with E-state index in [9.17, 15) is 18.0 Å². The number of thiophene rings is 1. The molecule has 0 spiro atoms. The second-order valence-electron chi connectivity index (χ2n) is 6.80. The third-order valence-electron chi connectivity index (χ3n) is 4.63. The van der Waals surface area contributed by atoms with Crippen LogP contribution in [0.4, 0.5) is 9.93 Å². The van der Waals surface area contributed by atoms with Crippen LogP contribution in [-0.4, -0.2) is 54.4 Å². The summed E-state index contributed by atoms with van der Waals surface area (Å²) < 4.78 is 27.7. The molecule has 1 aliphatic heterocycles. The Bertz CT molecular complexity index is 1010. The fraction of sp³-hybridized carbons (Fsp3) is 0.471. The zero-order chi connectivity index (χ0) is 21.2. The second kappa shape index (κ2) is 8.78. The summed E-state index contributed by atoms with van der Waals surface area (Å²) >= 11 is 2.47. The Kier molecular flexibility index (Phi) is 6.56. The second-order valence-corrected chi connectivity index (χ2v) is 10.9. The van der Waals surface area contributed by atoms with Gasteiger partial charge < -0.3 is 15.7 Å². The van der Waals surface area contributed by atoms with Crippen LogP contribution < -0.4 is 10.6 Å². The minimum Gasteiger partial charge on any atom is -0.465 e. The molecular formula is C17H22N4O5S3. The van der Waals surface area contributed by atoms with Crippen LogP contribution in [-0.2, 0) is 14.8 Å². The van der Waals surface area contributed by atoms with E-state index in [0.717, 1.165) is 27.5 Å². The number of amides is 2. The van der Waals surface area contributed by atoms with E-state index in [4.69, 9.17) is 5.11 Å². The summed E-state index contributed by atoms with van der Waals surface area (Å²) in [6.45, 7) is 4.31. The standard InChI is InChI=1S/C17H22N4O5S3/c1-10-15(28-16(19-10)20-11(2)22)13-7-14(27-9-13)29(25,26)21-5-3-12(4-6-21)8-18-17(23)24/h7,9,12,18H,3-6,8H2,1-2H3,(H,23,24)(H,19,20,22). The summed E-state index contributed by atoms with van der Waals surface area (Å²) in [6.07, 6.45) is 0.170. The molecule has 12 heteroatoms. The molecule has 29 heavy (non-hydrogen) atoms. The summed E-state index contributed by atoms with van der Waals surface area (Å²) in [5, 5.41) is 16.0. The minimum absolute atomic E-state index is 0.142. The maximum absolute atomic E-state index is 13.0. The van der Waals surface area contributed by atoms with Crippen LogP contribution in [0.5, 0.6) is 0 Å². The maximum Gasteiger partial charge on any atom is 0.404 e. The van der Waals surface area contributed by atoms with Gasteiger partial charge in [-0.3, -0.25) is 4.79 Å². The third-order valence-corrected chi connectivity index (χ3v) is 9.06. The van der Waals surface area contributed by atoms with Crippen molar-refractivity contribution in [2.24, 2.45) is 5.92 Å². The zero-order valence-electron chi connectivity index (χ0n) is 16.0. The van der Waals surface area contributed by atoms with Gasteiger partial charge in [0, 0.05) is 37.5 Å². The number of sulfonamides is 1. The fourth-order valence-electron chi connectivity index (χ4n) is 3.15. The van der Waals surface area contributed by atoms with E-state index in [0.29, 0.717) is 37.6 Å². The number of rotatable bonds is 6. The van der Waals surface area contributed by atoms with Crippen LogP contribution in [0, 0.1) is 12.8 Å². The van der Waals surface area contributed by atoms with Crippen molar-refractivity contribution in [1.82, 2.24) is 14.6 Å². The average Bonchev–Trinajstić information content (AvgIpc) is 3.27. The lowest BCUT2D eigenvalue weighted by Gasteiger charge is -2.30. The zero-order valence-corrected chi connectivity index (χ0v) is 18.4. The molecule has 9 nitrogen and oxygen atoms in total. The molecule has 1 fully saturated rings. The quantitative estimate of drug-likeness (QED) is 0.610. The molecule has 0 bridgehead atoms. The number of nitrogens with zero attached hydrogens (tertiary/aromatic N) is 2. The first kappa shape index (κ1) is 21.7. The van der Waals surface area contributed by atoms with Crippen LogP contribution in [0.2, 0.25) is 0 Å². The van der Waals surface area contributed by atoms with Crippen molar-refractivity contribution in [2.75, 3.05) is 25.0 Å². The van der Waals surface area contributed by atoms with Crippen LogP contribution >= 0.6 is 22.7 Å². The summed E-state index contributed by atoms with van der Waals surface area (Å²) in [4.78, 5) is 27.0. The molecule has 3 heterocycles. The summed E-state index contributed by atoms with van der Waals surface area (Å²) in [5.74, 6) is -0.0654. The van der Waals surface area contributed by atoms with E-state index in [1.54, 1.807) is 11.4 Å². The number of carbonyl (C=O) groups excluding carboxylic acids is 1. The number of nitrogens with one attached hydrogen (secondary N) is 2.